The molecule has 2 aliphatic heterocycles. The molecule has 238 valence electrons. The summed E-state index contributed by atoms with van der Waals surface area (Å²) >= 11 is 0. The summed E-state index contributed by atoms with van der Waals surface area (Å²) in [5.41, 5.74) is 1.42. The van der Waals surface area contributed by atoms with Crippen molar-refractivity contribution in [3.63, 3.8) is 0 Å². The van der Waals surface area contributed by atoms with E-state index in [-0.39, 0.29) is 0 Å². The smallest absolute Gasteiger partial charge is 0.394 e. The van der Waals surface area contributed by atoms with Crippen molar-refractivity contribution in [2.24, 2.45) is 0 Å². The quantitative estimate of drug-likeness (QED) is 0.127. The number of hydrogen-bond donors (Lipinski definition) is 9. The number of phosphoric acid groups is 3. The molecular weight excluding hydrogens is 635 g/mol. The van der Waals surface area contributed by atoms with E-state index in [0.717, 1.165) is 10.9 Å². The van der Waals surface area contributed by atoms with Crippen molar-refractivity contribution in [3.05, 3.63) is 36.0 Å². The lowest BCUT2D eigenvalue weighted by Gasteiger charge is -2.44. The first-order chi connectivity index (χ1) is 19.4. The Labute approximate surface area is 236 Å². The van der Waals surface area contributed by atoms with Gasteiger partial charge in [-0.15, -0.1) is 0 Å². The third kappa shape index (κ3) is 7.73. The van der Waals surface area contributed by atoms with Gasteiger partial charge >= 0.3 is 23.5 Å². The Morgan fingerprint density at radius 2 is 1.33 bits per heavy atom. The predicted molar refractivity (Wildman–Crippen MR) is 135 cm³/mol. The summed E-state index contributed by atoms with van der Waals surface area (Å²) in [6.45, 7) is -0.0885. The normalized spacial score (nSPS) is 33.0. The SMILES string of the molecule is Cc1cccc2c1ccn2[C@@H]1O[C@H](CO)[C@@H](O[C@H]2O[C@H](CO)[C@@H](OP(=O)(O)O)[C@H](OP(=O)(O)O)[C@H]2O)[C@H]1OP(=O)(O)O. The molecule has 42 heavy (non-hydrogen) atoms. The molecule has 0 unspecified atom stereocenters. The minimum atomic E-state index is -5.48. The zero-order chi connectivity index (χ0) is 31.2. The summed E-state index contributed by atoms with van der Waals surface area (Å²) in [5.74, 6) is 0. The fraction of sp³-hybridized carbons (Fsp3) is 0.600. The summed E-state index contributed by atoms with van der Waals surface area (Å²) in [6, 6.07) is 6.94. The fourth-order valence-corrected chi connectivity index (χ4v) is 6.63. The van der Waals surface area contributed by atoms with E-state index in [4.69, 9.17) is 18.7 Å². The second-order valence-electron chi connectivity index (χ2n) is 9.48. The van der Waals surface area contributed by atoms with Gasteiger partial charge in [-0.1, -0.05) is 12.1 Å². The van der Waals surface area contributed by atoms with E-state index in [1.54, 1.807) is 18.2 Å². The Morgan fingerprint density at radius 3 is 1.90 bits per heavy atom. The zero-order valence-corrected chi connectivity index (χ0v) is 24.2. The maximum absolute atomic E-state index is 12.0. The van der Waals surface area contributed by atoms with E-state index < -0.39 is 91.9 Å². The molecule has 2 aliphatic rings. The van der Waals surface area contributed by atoms with Gasteiger partial charge in [0.05, 0.1) is 18.7 Å². The number of ether oxygens (including phenoxy) is 3. The minimum absolute atomic E-state index is 0.554. The van der Waals surface area contributed by atoms with Gasteiger partial charge in [-0.25, -0.2) is 13.7 Å². The summed E-state index contributed by atoms with van der Waals surface area (Å²) in [7, 11) is -16.2. The first-order valence-electron chi connectivity index (χ1n) is 12.1. The molecule has 9 atom stereocenters. The van der Waals surface area contributed by atoms with Gasteiger partial charge in [0, 0.05) is 11.6 Å². The standard InChI is InChI=1S/C20H30NO18P3/c1-9-3-2-4-11-10(9)5-6-21(11)19-18(39-42(31,32)33)15(12(7-22)34-19)36-20-14(24)17(38-41(28,29)30)16(13(8-23)35-20)37-40(25,26)27/h2-6,12-20,22-24H,7-8H2,1H3,(H2,25,26,27)(H2,28,29,30)(H2,31,32,33)/t12-,13-,14-,15-,16-,17-,18-,19-,20-/m1/s1. The highest BCUT2D eigenvalue weighted by Crippen LogP contribution is 2.49. The Hall–Kier alpha value is -1.15. The van der Waals surface area contributed by atoms with Crippen LogP contribution in [0, 0.1) is 6.92 Å². The van der Waals surface area contributed by atoms with Crippen molar-refractivity contribution in [2.45, 2.75) is 62.2 Å². The Morgan fingerprint density at radius 1 is 0.786 bits per heavy atom. The van der Waals surface area contributed by atoms with Gasteiger partial charge < -0.3 is 63.5 Å². The lowest BCUT2D eigenvalue weighted by Crippen LogP contribution is -2.61. The van der Waals surface area contributed by atoms with Crippen LogP contribution in [0.4, 0.5) is 0 Å². The highest BCUT2D eigenvalue weighted by molar-refractivity contribution is 7.46. The minimum Gasteiger partial charge on any atom is -0.394 e. The molecule has 1 aromatic heterocycles. The molecule has 0 saturated carbocycles. The molecule has 1 aromatic carbocycles. The van der Waals surface area contributed by atoms with E-state index in [9.17, 15) is 58.4 Å². The lowest BCUT2D eigenvalue weighted by atomic mass is 9.99. The van der Waals surface area contributed by atoms with Crippen LogP contribution >= 0.6 is 23.5 Å². The van der Waals surface area contributed by atoms with Gasteiger partial charge in [-0.05, 0) is 24.6 Å². The molecule has 2 saturated heterocycles. The van der Waals surface area contributed by atoms with E-state index in [2.05, 4.69) is 9.05 Å². The number of aliphatic hydroxyl groups is 3. The molecule has 19 nitrogen and oxygen atoms in total. The highest BCUT2D eigenvalue weighted by atomic mass is 31.2. The predicted octanol–water partition coefficient (Wildman–Crippen LogP) is -1.26. The second kappa shape index (κ2) is 12.7. The fourth-order valence-electron chi connectivity index (χ4n) is 4.95. The van der Waals surface area contributed by atoms with Crippen LogP contribution in [0.15, 0.2) is 30.5 Å². The van der Waals surface area contributed by atoms with Gasteiger partial charge in [0.15, 0.2) is 12.5 Å². The molecule has 0 bridgehead atoms. The highest BCUT2D eigenvalue weighted by Gasteiger charge is 2.56. The molecule has 22 heteroatoms. The van der Waals surface area contributed by atoms with Crippen LogP contribution in [0.3, 0.4) is 0 Å². The van der Waals surface area contributed by atoms with Gasteiger partial charge in [-0.3, -0.25) is 13.6 Å². The largest absolute Gasteiger partial charge is 0.470 e. The summed E-state index contributed by atoms with van der Waals surface area (Å²) < 4.78 is 67.5. The van der Waals surface area contributed by atoms with Crippen molar-refractivity contribution in [1.29, 1.82) is 0 Å². The Kier molecular flexibility index (Phi) is 10.2. The molecule has 9 N–H and O–H groups in total. The van der Waals surface area contributed by atoms with Crippen molar-refractivity contribution >= 4 is 34.4 Å². The summed E-state index contributed by atoms with van der Waals surface area (Å²) in [4.78, 5) is 56.6. The molecular formula is C20H30NO18P3. The first-order valence-corrected chi connectivity index (χ1v) is 16.7. The molecule has 4 rings (SSSR count). The summed E-state index contributed by atoms with van der Waals surface area (Å²) in [5, 5.41) is 31.5. The number of fused-ring (bicyclic) bond motifs is 1. The molecule has 0 amide bonds. The van der Waals surface area contributed by atoms with Crippen LogP contribution in [0.5, 0.6) is 0 Å². The summed E-state index contributed by atoms with van der Waals surface area (Å²) in [6.07, 6.45) is -15.2. The van der Waals surface area contributed by atoms with E-state index in [0.29, 0.717) is 5.52 Å². The van der Waals surface area contributed by atoms with Crippen LogP contribution in [-0.2, 0) is 41.5 Å². The molecule has 2 aromatic rings. The second-order valence-corrected chi connectivity index (χ2v) is 13.1. The zero-order valence-electron chi connectivity index (χ0n) is 21.5. The molecule has 0 aliphatic carbocycles. The monoisotopic (exact) mass is 665 g/mol. The van der Waals surface area contributed by atoms with Crippen molar-refractivity contribution in [2.75, 3.05) is 13.2 Å². The van der Waals surface area contributed by atoms with Crippen LogP contribution in [-0.4, -0.2) is 111 Å². The number of aryl methyl sites for hydroxylation is 1. The van der Waals surface area contributed by atoms with E-state index in [1.165, 1.54) is 10.8 Å². The van der Waals surface area contributed by atoms with Crippen LogP contribution < -0.4 is 0 Å². The lowest BCUT2D eigenvalue weighted by molar-refractivity contribution is -0.313. The number of benzene rings is 1. The number of nitrogens with zero attached hydrogens (tertiary/aromatic N) is 1. The maximum Gasteiger partial charge on any atom is 0.470 e. The van der Waals surface area contributed by atoms with Crippen molar-refractivity contribution in [1.82, 2.24) is 4.57 Å². The first kappa shape index (κ1) is 33.7. The number of aliphatic hydroxyl groups excluding tert-OH is 3. The van der Waals surface area contributed by atoms with Gasteiger partial charge in [0.25, 0.3) is 0 Å². The van der Waals surface area contributed by atoms with Crippen molar-refractivity contribution in [3.8, 4) is 0 Å². The number of hydrogen-bond acceptors (Lipinski definition) is 12. The number of rotatable bonds is 11. The third-order valence-corrected chi connectivity index (χ3v) is 8.14. The van der Waals surface area contributed by atoms with Gasteiger partial charge in [-0.2, -0.15) is 0 Å². The third-order valence-electron chi connectivity index (χ3n) is 6.58. The molecule has 2 fully saturated rings. The van der Waals surface area contributed by atoms with Crippen LogP contribution in [0.25, 0.3) is 10.9 Å². The maximum atomic E-state index is 12.0. The van der Waals surface area contributed by atoms with Gasteiger partial charge in [0.1, 0.15) is 42.7 Å². The van der Waals surface area contributed by atoms with Crippen molar-refractivity contribution < 1.29 is 86.2 Å². The number of phosphoric ester groups is 3. The average molecular weight is 665 g/mol. The average Bonchev–Trinajstić information content (AvgIpc) is 3.42. The topological polar surface area (TPSA) is 294 Å². The van der Waals surface area contributed by atoms with Gasteiger partial charge in [0.2, 0.25) is 0 Å². The van der Waals surface area contributed by atoms with E-state index >= 15 is 0 Å². The molecule has 0 radical (unpaired) electrons. The Balaban J connectivity index is 1.71. The van der Waals surface area contributed by atoms with E-state index in [1.807, 2.05) is 13.0 Å². The Bertz CT molecular complexity index is 1390. The number of aromatic nitrogens is 1. The van der Waals surface area contributed by atoms with Crippen LogP contribution in [0.2, 0.25) is 0 Å². The molecule has 3 heterocycles. The molecule has 0 spiro atoms. The van der Waals surface area contributed by atoms with Crippen LogP contribution in [0.1, 0.15) is 11.8 Å².